The minimum atomic E-state index is -0.215. The lowest BCUT2D eigenvalue weighted by atomic mass is 9.95. The highest BCUT2D eigenvalue weighted by atomic mass is 16.3. The van der Waals surface area contributed by atoms with E-state index in [0.717, 1.165) is 13.0 Å². The highest BCUT2D eigenvalue weighted by molar-refractivity contribution is 4.79. The van der Waals surface area contributed by atoms with Crippen molar-refractivity contribution in [2.45, 2.75) is 32.4 Å². The van der Waals surface area contributed by atoms with Crippen LogP contribution in [-0.4, -0.2) is 47.0 Å². The highest BCUT2D eigenvalue weighted by Gasteiger charge is 2.26. The van der Waals surface area contributed by atoms with E-state index in [9.17, 15) is 5.11 Å². The smallest absolute Gasteiger partial charge is 0.0693 e. The Balaban J connectivity index is 2.39. The highest BCUT2D eigenvalue weighted by Crippen LogP contribution is 2.18. The number of hydrogen-bond donors (Lipinski definition) is 2. The minimum absolute atomic E-state index is 0.182. The zero-order valence-electron chi connectivity index (χ0n) is 7.90. The summed E-state index contributed by atoms with van der Waals surface area (Å²) in [7, 11) is 0. The molecule has 0 saturated carbocycles. The molecule has 0 aliphatic carbocycles. The molecule has 0 bridgehead atoms. The summed E-state index contributed by atoms with van der Waals surface area (Å²) >= 11 is 0. The first kappa shape index (κ1) is 9.96. The van der Waals surface area contributed by atoms with Gasteiger partial charge in [0.2, 0.25) is 0 Å². The molecule has 0 aromatic carbocycles. The average Bonchev–Trinajstić information content (AvgIpc) is 2.08. The van der Waals surface area contributed by atoms with E-state index in [-0.39, 0.29) is 18.8 Å². The normalized spacial score (nSPS) is 35.0. The van der Waals surface area contributed by atoms with Gasteiger partial charge in [0.25, 0.3) is 0 Å². The monoisotopic (exact) mass is 173 g/mol. The number of rotatable bonds is 2. The molecule has 1 aliphatic rings. The number of hydrogen-bond acceptors (Lipinski definition) is 3. The molecule has 0 aromatic rings. The SMILES string of the molecule is CC1CCN(C(C)CO)CC1O. The predicted octanol–water partition coefficient (Wildman–Crippen LogP) is 0.0699. The summed E-state index contributed by atoms with van der Waals surface area (Å²) < 4.78 is 0. The van der Waals surface area contributed by atoms with Crippen LogP contribution in [0.4, 0.5) is 0 Å². The lowest BCUT2D eigenvalue weighted by Gasteiger charge is -2.37. The third-order valence-electron chi connectivity index (χ3n) is 2.84. The number of aliphatic hydroxyl groups excluding tert-OH is 2. The summed E-state index contributed by atoms with van der Waals surface area (Å²) in [5, 5.41) is 18.5. The van der Waals surface area contributed by atoms with Crippen molar-refractivity contribution in [3.05, 3.63) is 0 Å². The molecule has 12 heavy (non-hydrogen) atoms. The molecule has 0 amide bonds. The van der Waals surface area contributed by atoms with Gasteiger partial charge in [-0.15, -0.1) is 0 Å². The van der Waals surface area contributed by atoms with Gasteiger partial charge in [0, 0.05) is 12.6 Å². The van der Waals surface area contributed by atoms with E-state index < -0.39 is 0 Å². The summed E-state index contributed by atoms with van der Waals surface area (Å²) in [6, 6.07) is 0.187. The van der Waals surface area contributed by atoms with Gasteiger partial charge < -0.3 is 10.2 Å². The van der Waals surface area contributed by atoms with E-state index in [2.05, 4.69) is 11.8 Å². The average molecular weight is 173 g/mol. The molecule has 0 radical (unpaired) electrons. The Morgan fingerprint density at radius 1 is 1.58 bits per heavy atom. The van der Waals surface area contributed by atoms with Crippen molar-refractivity contribution in [3.63, 3.8) is 0 Å². The number of likely N-dealkylation sites (tertiary alicyclic amines) is 1. The lowest BCUT2D eigenvalue weighted by molar-refractivity contribution is 0.00227. The Morgan fingerprint density at radius 3 is 2.75 bits per heavy atom. The second-order valence-corrected chi connectivity index (χ2v) is 3.86. The summed E-state index contributed by atoms with van der Waals surface area (Å²) in [4.78, 5) is 2.14. The molecule has 0 spiro atoms. The molecular formula is C9H19NO2. The molecule has 3 nitrogen and oxygen atoms in total. The van der Waals surface area contributed by atoms with Crippen molar-refractivity contribution in [2.24, 2.45) is 5.92 Å². The fourth-order valence-electron chi connectivity index (χ4n) is 1.59. The van der Waals surface area contributed by atoms with Crippen LogP contribution in [0.1, 0.15) is 20.3 Å². The molecule has 1 heterocycles. The van der Waals surface area contributed by atoms with Gasteiger partial charge in [0.05, 0.1) is 12.7 Å². The lowest BCUT2D eigenvalue weighted by Crippen LogP contribution is -2.47. The first-order valence-electron chi connectivity index (χ1n) is 4.68. The van der Waals surface area contributed by atoms with Crippen molar-refractivity contribution in [3.8, 4) is 0 Å². The van der Waals surface area contributed by atoms with Crippen molar-refractivity contribution >= 4 is 0 Å². The molecule has 3 atom stereocenters. The maximum absolute atomic E-state index is 9.57. The number of piperidine rings is 1. The molecule has 1 saturated heterocycles. The van der Waals surface area contributed by atoms with E-state index >= 15 is 0 Å². The Labute approximate surface area is 74.0 Å². The fourth-order valence-corrected chi connectivity index (χ4v) is 1.59. The van der Waals surface area contributed by atoms with E-state index in [1.54, 1.807) is 0 Å². The van der Waals surface area contributed by atoms with Gasteiger partial charge in [0.1, 0.15) is 0 Å². The summed E-state index contributed by atoms with van der Waals surface area (Å²) in [5.74, 6) is 0.409. The molecule has 1 fully saturated rings. The summed E-state index contributed by atoms with van der Waals surface area (Å²) in [6.45, 7) is 5.96. The van der Waals surface area contributed by atoms with Crippen LogP contribution in [0.2, 0.25) is 0 Å². The van der Waals surface area contributed by atoms with E-state index in [1.165, 1.54) is 0 Å². The van der Waals surface area contributed by atoms with Crippen LogP contribution in [0, 0.1) is 5.92 Å². The minimum Gasteiger partial charge on any atom is -0.395 e. The largest absolute Gasteiger partial charge is 0.395 e. The van der Waals surface area contributed by atoms with Gasteiger partial charge in [-0.05, 0) is 25.8 Å². The third kappa shape index (κ3) is 2.19. The number of nitrogens with zero attached hydrogens (tertiary/aromatic N) is 1. The van der Waals surface area contributed by atoms with Crippen LogP contribution >= 0.6 is 0 Å². The van der Waals surface area contributed by atoms with Crippen LogP contribution in [0.5, 0.6) is 0 Å². The van der Waals surface area contributed by atoms with Crippen molar-refractivity contribution in [2.75, 3.05) is 19.7 Å². The maximum atomic E-state index is 9.57. The van der Waals surface area contributed by atoms with Crippen LogP contribution < -0.4 is 0 Å². The van der Waals surface area contributed by atoms with Gasteiger partial charge in [0.15, 0.2) is 0 Å². The van der Waals surface area contributed by atoms with Gasteiger partial charge in [-0.2, -0.15) is 0 Å². The molecule has 2 N–H and O–H groups in total. The molecule has 1 rings (SSSR count). The fraction of sp³-hybridized carbons (Fsp3) is 1.00. The number of β-amino-alcohol motifs (C(OH)–C–C–N with tert-alkyl or cyclic N) is 1. The first-order valence-corrected chi connectivity index (χ1v) is 4.68. The predicted molar refractivity (Wildman–Crippen MR) is 47.9 cm³/mol. The summed E-state index contributed by atoms with van der Waals surface area (Å²) in [5.41, 5.74) is 0. The zero-order valence-corrected chi connectivity index (χ0v) is 7.90. The second-order valence-electron chi connectivity index (χ2n) is 3.86. The van der Waals surface area contributed by atoms with Crippen molar-refractivity contribution < 1.29 is 10.2 Å². The van der Waals surface area contributed by atoms with Gasteiger partial charge in [-0.3, -0.25) is 4.90 Å². The van der Waals surface area contributed by atoms with Crippen molar-refractivity contribution in [1.82, 2.24) is 4.90 Å². The first-order chi connectivity index (χ1) is 5.65. The third-order valence-corrected chi connectivity index (χ3v) is 2.84. The Morgan fingerprint density at radius 2 is 2.25 bits per heavy atom. The van der Waals surface area contributed by atoms with Crippen LogP contribution in [0.15, 0.2) is 0 Å². The van der Waals surface area contributed by atoms with Gasteiger partial charge >= 0.3 is 0 Å². The van der Waals surface area contributed by atoms with Crippen LogP contribution in [0.25, 0.3) is 0 Å². The van der Waals surface area contributed by atoms with Crippen molar-refractivity contribution in [1.29, 1.82) is 0 Å². The molecule has 72 valence electrons. The Kier molecular flexibility index (Phi) is 3.50. The molecule has 3 unspecified atom stereocenters. The molecule has 0 aromatic heterocycles. The van der Waals surface area contributed by atoms with Gasteiger partial charge in [-0.1, -0.05) is 6.92 Å². The van der Waals surface area contributed by atoms with E-state index in [4.69, 9.17) is 5.11 Å². The maximum Gasteiger partial charge on any atom is 0.0693 e. The Hall–Kier alpha value is -0.120. The van der Waals surface area contributed by atoms with Crippen LogP contribution in [-0.2, 0) is 0 Å². The standard InChI is InChI=1S/C9H19NO2/c1-7-3-4-10(5-9(7)12)8(2)6-11/h7-9,11-12H,3-6H2,1-2H3. The molecule has 1 aliphatic heterocycles. The van der Waals surface area contributed by atoms with E-state index in [0.29, 0.717) is 12.5 Å². The quantitative estimate of drug-likeness (QED) is 0.621. The second kappa shape index (κ2) is 4.21. The number of aliphatic hydroxyl groups is 2. The topological polar surface area (TPSA) is 43.7 Å². The van der Waals surface area contributed by atoms with E-state index in [1.807, 2.05) is 6.92 Å². The molecule has 3 heteroatoms. The van der Waals surface area contributed by atoms with Crippen LogP contribution in [0.3, 0.4) is 0 Å². The zero-order chi connectivity index (χ0) is 9.14. The Bertz CT molecular complexity index is 140. The molecular weight excluding hydrogens is 154 g/mol. The van der Waals surface area contributed by atoms with Gasteiger partial charge in [-0.25, -0.2) is 0 Å². The summed E-state index contributed by atoms with van der Waals surface area (Å²) in [6.07, 6.45) is 0.818.